The Bertz CT molecular complexity index is 272. The molecule has 0 aliphatic carbocycles. The molecule has 5 heteroatoms. The molecule has 0 bridgehead atoms. The number of nitrogens with two attached hydrogens (primary N) is 1. The Balaban J connectivity index is 0.00000289. The van der Waals surface area contributed by atoms with E-state index in [-0.39, 0.29) is 24.0 Å². The lowest BCUT2D eigenvalue weighted by Gasteiger charge is -2.24. The monoisotopic (exact) mass is 366 g/mol. The van der Waals surface area contributed by atoms with E-state index in [4.69, 9.17) is 5.73 Å². The quantitative estimate of drug-likeness (QED) is 0.327. The molecule has 0 aromatic rings. The molecule has 1 aliphatic heterocycles. The minimum absolute atomic E-state index is 0. The lowest BCUT2D eigenvalue weighted by atomic mass is 10.2. The lowest BCUT2D eigenvalue weighted by Crippen LogP contribution is -2.37. The van der Waals surface area contributed by atoms with Gasteiger partial charge in [0, 0.05) is 12.6 Å². The zero-order chi connectivity index (χ0) is 12.7. The summed E-state index contributed by atoms with van der Waals surface area (Å²) in [6.07, 6.45) is 3.78. The normalized spacial score (nSPS) is 18.2. The first-order chi connectivity index (χ1) is 8.13. The smallest absolute Gasteiger partial charge is 0.188 e. The molecule has 1 heterocycles. The van der Waals surface area contributed by atoms with E-state index in [2.05, 4.69) is 28.7 Å². The predicted octanol–water partition coefficient (Wildman–Crippen LogP) is 1.96. The van der Waals surface area contributed by atoms with Gasteiger partial charge in [0.25, 0.3) is 0 Å². The summed E-state index contributed by atoms with van der Waals surface area (Å²) in [5, 5.41) is 3.06. The number of hydrogen-bond acceptors (Lipinski definition) is 2. The van der Waals surface area contributed by atoms with Crippen molar-refractivity contribution >= 4 is 29.9 Å². The van der Waals surface area contributed by atoms with Gasteiger partial charge in [-0.15, -0.1) is 24.0 Å². The summed E-state index contributed by atoms with van der Waals surface area (Å²) < 4.78 is 0. The minimum Gasteiger partial charge on any atom is -0.370 e. The van der Waals surface area contributed by atoms with Crippen LogP contribution in [0.4, 0.5) is 0 Å². The largest absolute Gasteiger partial charge is 0.370 e. The van der Waals surface area contributed by atoms with Crippen molar-refractivity contribution in [2.75, 3.05) is 26.2 Å². The van der Waals surface area contributed by atoms with E-state index < -0.39 is 0 Å². The summed E-state index contributed by atoms with van der Waals surface area (Å²) in [7, 11) is 0. The molecule has 1 unspecified atom stereocenters. The van der Waals surface area contributed by atoms with Crippen LogP contribution < -0.4 is 11.1 Å². The van der Waals surface area contributed by atoms with Gasteiger partial charge in [0.2, 0.25) is 0 Å². The molecule has 1 rings (SSSR count). The molecule has 0 saturated carbocycles. The van der Waals surface area contributed by atoms with E-state index in [1.807, 2.05) is 6.92 Å². The lowest BCUT2D eigenvalue weighted by molar-refractivity contribution is 0.242. The number of likely N-dealkylation sites (tertiary alicyclic amines) is 1. The second-order valence-electron chi connectivity index (χ2n) is 4.84. The van der Waals surface area contributed by atoms with Crippen molar-refractivity contribution in [3.8, 4) is 0 Å². The van der Waals surface area contributed by atoms with Crippen molar-refractivity contribution in [1.29, 1.82) is 0 Å². The van der Waals surface area contributed by atoms with Crippen LogP contribution in [0.25, 0.3) is 0 Å². The number of nitrogens with one attached hydrogen (secondary N) is 1. The van der Waals surface area contributed by atoms with Crippen molar-refractivity contribution in [3.05, 3.63) is 12.2 Å². The van der Waals surface area contributed by atoms with Gasteiger partial charge in [0.1, 0.15) is 0 Å². The van der Waals surface area contributed by atoms with Crippen LogP contribution in [0.1, 0.15) is 33.1 Å². The fourth-order valence-corrected chi connectivity index (χ4v) is 2.11. The fourth-order valence-electron chi connectivity index (χ4n) is 2.11. The second kappa shape index (κ2) is 9.61. The highest BCUT2D eigenvalue weighted by atomic mass is 127. The molecule has 18 heavy (non-hydrogen) atoms. The minimum atomic E-state index is 0. The first-order valence-electron chi connectivity index (χ1n) is 6.55. The van der Waals surface area contributed by atoms with E-state index in [1.54, 1.807) is 0 Å². The van der Waals surface area contributed by atoms with Gasteiger partial charge in [-0.25, -0.2) is 0 Å². The maximum absolute atomic E-state index is 5.80. The van der Waals surface area contributed by atoms with Gasteiger partial charge in [-0.3, -0.25) is 9.89 Å². The fraction of sp³-hybridized carbons (Fsp3) is 0.769. The number of hydrogen-bond donors (Lipinski definition) is 2. The average molecular weight is 366 g/mol. The summed E-state index contributed by atoms with van der Waals surface area (Å²) in [6, 6.07) is 0.544. The SMILES string of the molecule is C=C(C)CNC(N)=NCC(CC)N1CCCC1.I. The number of guanidine groups is 1. The van der Waals surface area contributed by atoms with E-state index in [1.165, 1.54) is 25.9 Å². The van der Waals surface area contributed by atoms with Gasteiger partial charge in [-0.1, -0.05) is 19.1 Å². The highest BCUT2D eigenvalue weighted by molar-refractivity contribution is 14.0. The molecule has 4 nitrogen and oxygen atoms in total. The van der Waals surface area contributed by atoms with E-state index in [0.717, 1.165) is 18.5 Å². The summed E-state index contributed by atoms with van der Waals surface area (Å²) in [4.78, 5) is 6.94. The van der Waals surface area contributed by atoms with Crippen LogP contribution >= 0.6 is 24.0 Å². The molecule has 1 fully saturated rings. The molecule has 0 spiro atoms. The Morgan fingerprint density at radius 2 is 2.06 bits per heavy atom. The standard InChI is InChI=1S/C13H26N4.HI/c1-4-12(17-7-5-6-8-17)10-16-13(14)15-9-11(2)3;/h12H,2,4-10H2,1,3H3,(H3,14,15,16);1H. The molecule has 1 atom stereocenters. The summed E-state index contributed by atoms with van der Waals surface area (Å²) in [6.45, 7) is 11.9. The van der Waals surface area contributed by atoms with E-state index in [0.29, 0.717) is 18.5 Å². The van der Waals surface area contributed by atoms with Crippen molar-refractivity contribution in [1.82, 2.24) is 10.2 Å². The maximum Gasteiger partial charge on any atom is 0.188 e. The summed E-state index contributed by atoms with van der Waals surface area (Å²) >= 11 is 0. The third-order valence-corrected chi connectivity index (χ3v) is 3.17. The van der Waals surface area contributed by atoms with Crippen LogP contribution in [-0.2, 0) is 0 Å². The molecule has 106 valence electrons. The van der Waals surface area contributed by atoms with Crippen LogP contribution in [-0.4, -0.2) is 43.1 Å². The highest BCUT2D eigenvalue weighted by Crippen LogP contribution is 2.14. The number of halogens is 1. The van der Waals surface area contributed by atoms with Crippen molar-refractivity contribution in [3.63, 3.8) is 0 Å². The van der Waals surface area contributed by atoms with Gasteiger partial charge < -0.3 is 11.1 Å². The Morgan fingerprint density at radius 3 is 2.56 bits per heavy atom. The molecule has 1 saturated heterocycles. The van der Waals surface area contributed by atoms with Crippen LogP contribution in [0.15, 0.2) is 17.1 Å². The third-order valence-electron chi connectivity index (χ3n) is 3.17. The molecule has 0 amide bonds. The van der Waals surface area contributed by atoms with Crippen LogP contribution in [0.2, 0.25) is 0 Å². The van der Waals surface area contributed by atoms with Gasteiger partial charge in [0.05, 0.1) is 6.54 Å². The predicted molar refractivity (Wildman–Crippen MR) is 89.6 cm³/mol. The molecule has 0 aromatic heterocycles. The van der Waals surface area contributed by atoms with E-state index >= 15 is 0 Å². The topological polar surface area (TPSA) is 53.6 Å². The van der Waals surface area contributed by atoms with Crippen molar-refractivity contribution < 1.29 is 0 Å². The molecular formula is C13H27IN4. The van der Waals surface area contributed by atoms with Gasteiger partial charge >= 0.3 is 0 Å². The first-order valence-corrected chi connectivity index (χ1v) is 6.55. The molecular weight excluding hydrogens is 339 g/mol. The Labute approximate surface area is 128 Å². The third kappa shape index (κ3) is 6.58. The van der Waals surface area contributed by atoms with Crippen molar-refractivity contribution in [2.45, 2.75) is 39.2 Å². The van der Waals surface area contributed by atoms with Crippen LogP contribution in [0.5, 0.6) is 0 Å². The molecule has 0 aromatic carbocycles. The number of nitrogens with zero attached hydrogens (tertiary/aromatic N) is 2. The van der Waals surface area contributed by atoms with Gasteiger partial charge in [-0.05, 0) is 39.3 Å². The Hall–Kier alpha value is -0.300. The molecule has 0 radical (unpaired) electrons. The maximum atomic E-state index is 5.80. The Morgan fingerprint density at radius 1 is 1.44 bits per heavy atom. The second-order valence-corrected chi connectivity index (χ2v) is 4.84. The van der Waals surface area contributed by atoms with E-state index in [9.17, 15) is 0 Å². The number of rotatable bonds is 6. The summed E-state index contributed by atoms with van der Waals surface area (Å²) in [5.74, 6) is 0.533. The highest BCUT2D eigenvalue weighted by Gasteiger charge is 2.19. The molecule has 3 N–H and O–H groups in total. The van der Waals surface area contributed by atoms with Gasteiger partial charge in [0.15, 0.2) is 5.96 Å². The Kier molecular flexibility index (Phi) is 9.45. The zero-order valence-electron chi connectivity index (χ0n) is 11.6. The van der Waals surface area contributed by atoms with Gasteiger partial charge in [-0.2, -0.15) is 0 Å². The van der Waals surface area contributed by atoms with Crippen LogP contribution in [0.3, 0.4) is 0 Å². The van der Waals surface area contributed by atoms with Crippen molar-refractivity contribution in [2.24, 2.45) is 10.7 Å². The van der Waals surface area contributed by atoms with Crippen LogP contribution in [0, 0.1) is 0 Å². The zero-order valence-corrected chi connectivity index (χ0v) is 13.9. The number of aliphatic imine (C=N–C) groups is 1. The summed E-state index contributed by atoms with van der Waals surface area (Å²) in [5.41, 5.74) is 6.87. The average Bonchev–Trinajstić information content (AvgIpc) is 2.81. The molecule has 1 aliphatic rings. The first kappa shape index (κ1) is 17.7.